The minimum atomic E-state index is 0.124. The van der Waals surface area contributed by atoms with E-state index in [1.54, 1.807) is 0 Å². The molecule has 28 heavy (non-hydrogen) atoms. The van der Waals surface area contributed by atoms with Gasteiger partial charge < -0.3 is 9.47 Å². The van der Waals surface area contributed by atoms with E-state index in [4.69, 9.17) is 0 Å². The molecule has 4 rings (SSSR count). The number of carbonyl (C=O) groups is 1. The Hall–Kier alpha value is -3.11. The molecule has 1 amide bonds. The molecule has 0 unspecified atom stereocenters. The van der Waals surface area contributed by atoms with E-state index in [2.05, 4.69) is 41.3 Å². The standard InChI is InChI=1S/C24H25N3O/c28-24(22-10-12-23(13-11-22)26-15-4-5-16-26)27-19-17-25(18-20-27)14-6-9-21-7-2-1-3-8-21/h1-13,15-16H,14,17-20H2/b9-6+. The fourth-order valence-corrected chi connectivity index (χ4v) is 3.50. The van der Waals surface area contributed by atoms with Crippen molar-refractivity contribution in [2.24, 2.45) is 0 Å². The number of hydrogen-bond donors (Lipinski definition) is 0. The summed E-state index contributed by atoms with van der Waals surface area (Å²) in [4.78, 5) is 17.1. The summed E-state index contributed by atoms with van der Waals surface area (Å²) in [6.45, 7) is 4.29. The Labute approximate surface area is 166 Å². The fraction of sp³-hybridized carbons (Fsp3) is 0.208. The summed E-state index contributed by atoms with van der Waals surface area (Å²) in [7, 11) is 0. The summed E-state index contributed by atoms with van der Waals surface area (Å²) >= 11 is 0. The number of carbonyl (C=O) groups excluding carboxylic acids is 1. The summed E-state index contributed by atoms with van der Waals surface area (Å²) in [5.74, 6) is 0.124. The zero-order valence-corrected chi connectivity index (χ0v) is 15.9. The van der Waals surface area contributed by atoms with Crippen LogP contribution in [0.4, 0.5) is 0 Å². The van der Waals surface area contributed by atoms with Crippen molar-refractivity contribution < 1.29 is 4.79 Å². The van der Waals surface area contributed by atoms with Crippen LogP contribution >= 0.6 is 0 Å². The number of nitrogens with zero attached hydrogens (tertiary/aromatic N) is 3. The number of amides is 1. The highest BCUT2D eigenvalue weighted by molar-refractivity contribution is 5.94. The SMILES string of the molecule is O=C(c1ccc(-n2cccc2)cc1)N1CCN(C/C=C/c2ccccc2)CC1. The van der Waals surface area contributed by atoms with Crippen molar-refractivity contribution in [3.8, 4) is 5.69 Å². The van der Waals surface area contributed by atoms with Gasteiger partial charge in [0.1, 0.15) is 0 Å². The predicted octanol–water partition coefficient (Wildman–Crippen LogP) is 3.95. The molecule has 4 heteroatoms. The minimum Gasteiger partial charge on any atom is -0.336 e. The normalized spacial score (nSPS) is 15.2. The van der Waals surface area contributed by atoms with Crippen LogP contribution in [0.3, 0.4) is 0 Å². The minimum absolute atomic E-state index is 0.124. The van der Waals surface area contributed by atoms with Gasteiger partial charge in [0.05, 0.1) is 0 Å². The van der Waals surface area contributed by atoms with Crippen LogP contribution in [0.25, 0.3) is 11.8 Å². The molecule has 0 N–H and O–H groups in total. The number of rotatable bonds is 5. The molecule has 1 aliphatic heterocycles. The first-order chi connectivity index (χ1) is 13.8. The van der Waals surface area contributed by atoms with E-state index in [1.807, 2.05) is 64.3 Å². The highest BCUT2D eigenvalue weighted by Gasteiger charge is 2.21. The second-order valence-electron chi connectivity index (χ2n) is 7.04. The Kier molecular flexibility index (Phi) is 5.69. The van der Waals surface area contributed by atoms with Crippen LogP contribution in [0.5, 0.6) is 0 Å². The van der Waals surface area contributed by atoms with Gasteiger partial charge in [0, 0.05) is 56.4 Å². The van der Waals surface area contributed by atoms with Crippen molar-refractivity contribution in [2.75, 3.05) is 32.7 Å². The van der Waals surface area contributed by atoms with Gasteiger partial charge >= 0.3 is 0 Å². The quantitative estimate of drug-likeness (QED) is 0.679. The molecule has 3 aromatic rings. The van der Waals surface area contributed by atoms with Crippen molar-refractivity contribution in [1.29, 1.82) is 0 Å². The van der Waals surface area contributed by atoms with Crippen molar-refractivity contribution in [3.05, 3.63) is 96.3 Å². The lowest BCUT2D eigenvalue weighted by atomic mass is 10.1. The third-order valence-corrected chi connectivity index (χ3v) is 5.15. The Morgan fingerprint density at radius 2 is 1.50 bits per heavy atom. The van der Waals surface area contributed by atoms with Crippen LogP contribution in [0.15, 0.2) is 85.2 Å². The average Bonchev–Trinajstić information content (AvgIpc) is 3.30. The van der Waals surface area contributed by atoms with Gasteiger partial charge in [-0.2, -0.15) is 0 Å². The monoisotopic (exact) mass is 371 g/mol. The van der Waals surface area contributed by atoms with Crippen LogP contribution < -0.4 is 0 Å². The molecule has 0 aliphatic carbocycles. The van der Waals surface area contributed by atoms with E-state index in [1.165, 1.54) is 5.56 Å². The maximum Gasteiger partial charge on any atom is 0.253 e. The second kappa shape index (κ2) is 8.72. The average molecular weight is 371 g/mol. The molecule has 1 saturated heterocycles. The first-order valence-corrected chi connectivity index (χ1v) is 9.76. The number of hydrogen-bond acceptors (Lipinski definition) is 2. The van der Waals surface area contributed by atoms with Crippen LogP contribution in [0, 0.1) is 0 Å². The Morgan fingerprint density at radius 3 is 2.18 bits per heavy atom. The molecule has 4 nitrogen and oxygen atoms in total. The molecule has 0 saturated carbocycles. The van der Waals surface area contributed by atoms with Gasteiger partial charge in [-0.3, -0.25) is 9.69 Å². The van der Waals surface area contributed by atoms with Crippen molar-refractivity contribution in [1.82, 2.24) is 14.4 Å². The van der Waals surface area contributed by atoms with Crippen molar-refractivity contribution in [3.63, 3.8) is 0 Å². The molecule has 0 radical (unpaired) electrons. The smallest absolute Gasteiger partial charge is 0.253 e. The molecular formula is C24H25N3O. The number of benzene rings is 2. The molecule has 142 valence electrons. The summed E-state index contributed by atoms with van der Waals surface area (Å²) in [6, 6.07) is 22.2. The summed E-state index contributed by atoms with van der Waals surface area (Å²) in [5, 5.41) is 0. The van der Waals surface area contributed by atoms with Gasteiger partial charge in [-0.25, -0.2) is 0 Å². The van der Waals surface area contributed by atoms with Gasteiger partial charge in [0.15, 0.2) is 0 Å². The molecule has 0 atom stereocenters. The molecule has 0 bridgehead atoms. The first kappa shape index (κ1) is 18.3. The summed E-state index contributed by atoms with van der Waals surface area (Å²) < 4.78 is 2.04. The lowest BCUT2D eigenvalue weighted by molar-refractivity contribution is 0.0650. The first-order valence-electron chi connectivity index (χ1n) is 9.76. The highest BCUT2D eigenvalue weighted by atomic mass is 16.2. The maximum absolute atomic E-state index is 12.8. The van der Waals surface area contributed by atoms with Gasteiger partial charge in [-0.1, -0.05) is 42.5 Å². The third kappa shape index (κ3) is 4.41. The van der Waals surface area contributed by atoms with E-state index in [-0.39, 0.29) is 5.91 Å². The van der Waals surface area contributed by atoms with E-state index in [0.29, 0.717) is 0 Å². The van der Waals surface area contributed by atoms with E-state index in [9.17, 15) is 4.79 Å². The van der Waals surface area contributed by atoms with Crippen LogP contribution in [-0.4, -0.2) is 53.0 Å². The zero-order chi connectivity index (χ0) is 19.2. The highest BCUT2D eigenvalue weighted by Crippen LogP contribution is 2.13. The lowest BCUT2D eigenvalue weighted by Gasteiger charge is -2.34. The molecular weight excluding hydrogens is 346 g/mol. The van der Waals surface area contributed by atoms with Crippen LogP contribution in [0.2, 0.25) is 0 Å². The number of piperazine rings is 1. The molecule has 1 aliphatic rings. The summed E-state index contributed by atoms with van der Waals surface area (Å²) in [6.07, 6.45) is 8.36. The third-order valence-electron chi connectivity index (χ3n) is 5.15. The molecule has 2 heterocycles. The van der Waals surface area contributed by atoms with Crippen molar-refractivity contribution in [2.45, 2.75) is 0 Å². The Balaban J connectivity index is 1.28. The molecule has 0 spiro atoms. The van der Waals surface area contributed by atoms with Gasteiger partial charge in [-0.05, 0) is 42.0 Å². The second-order valence-corrected chi connectivity index (χ2v) is 7.04. The van der Waals surface area contributed by atoms with Crippen LogP contribution in [0.1, 0.15) is 15.9 Å². The van der Waals surface area contributed by atoms with E-state index < -0.39 is 0 Å². The lowest BCUT2D eigenvalue weighted by Crippen LogP contribution is -2.48. The zero-order valence-electron chi connectivity index (χ0n) is 15.9. The van der Waals surface area contributed by atoms with Gasteiger partial charge in [0.2, 0.25) is 0 Å². The fourth-order valence-electron chi connectivity index (χ4n) is 3.50. The topological polar surface area (TPSA) is 28.5 Å². The van der Waals surface area contributed by atoms with Crippen LogP contribution in [-0.2, 0) is 0 Å². The molecule has 2 aromatic carbocycles. The Bertz CT molecular complexity index is 906. The predicted molar refractivity (Wildman–Crippen MR) is 114 cm³/mol. The number of aromatic nitrogens is 1. The molecule has 1 fully saturated rings. The van der Waals surface area contributed by atoms with Gasteiger partial charge in [0.25, 0.3) is 5.91 Å². The molecule has 1 aromatic heterocycles. The van der Waals surface area contributed by atoms with Gasteiger partial charge in [-0.15, -0.1) is 0 Å². The maximum atomic E-state index is 12.8. The summed E-state index contributed by atoms with van der Waals surface area (Å²) in [5.41, 5.74) is 3.05. The van der Waals surface area contributed by atoms with E-state index >= 15 is 0 Å². The van der Waals surface area contributed by atoms with E-state index in [0.717, 1.165) is 44.0 Å². The largest absolute Gasteiger partial charge is 0.336 e. The van der Waals surface area contributed by atoms with Crippen molar-refractivity contribution >= 4 is 12.0 Å². The Morgan fingerprint density at radius 1 is 0.821 bits per heavy atom.